The van der Waals surface area contributed by atoms with E-state index in [1.54, 1.807) is 6.20 Å². The van der Waals surface area contributed by atoms with E-state index < -0.39 is 0 Å². The highest BCUT2D eigenvalue weighted by molar-refractivity contribution is 5.99. The number of carbonyl (C=O) groups excluding carboxylic acids is 1. The van der Waals surface area contributed by atoms with Crippen LogP contribution in [0.4, 0.5) is 5.69 Å². The Hall–Kier alpha value is -1.62. The number of nitrogens with one attached hydrogen (secondary N) is 2. The number of amides is 1. The van der Waals surface area contributed by atoms with Crippen LogP contribution >= 0.6 is 0 Å². The van der Waals surface area contributed by atoms with Crippen LogP contribution in [0.2, 0.25) is 0 Å². The number of aryl methyl sites for hydroxylation is 1. The molecule has 0 radical (unpaired) electrons. The lowest BCUT2D eigenvalue weighted by Gasteiger charge is -2.23. The molecule has 1 aliphatic heterocycles. The van der Waals surface area contributed by atoms with Crippen LogP contribution in [-0.2, 0) is 4.74 Å². The first-order valence-electron chi connectivity index (χ1n) is 7.17. The molecule has 5 heteroatoms. The quantitative estimate of drug-likeness (QED) is 0.865. The summed E-state index contributed by atoms with van der Waals surface area (Å²) in [6.45, 7) is 8.04. The van der Waals surface area contributed by atoms with Gasteiger partial charge in [-0.2, -0.15) is 0 Å². The number of nitrogens with zero attached hydrogens (tertiary/aromatic N) is 1. The van der Waals surface area contributed by atoms with Gasteiger partial charge < -0.3 is 15.4 Å². The number of pyridine rings is 1. The fourth-order valence-electron chi connectivity index (χ4n) is 2.42. The number of aromatic nitrogens is 1. The molecule has 2 heterocycles. The van der Waals surface area contributed by atoms with Gasteiger partial charge in [-0.05, 0) is 39.7 Å². The average Bonchev–Trinajstić information content (AvgIpc) is 2.84. The van der Waals surface area contributed by atoms with Gasteiger partial charge in [0.05, 0.1) is 16.9 Å². The van der Waals surface area contributed by atoms with Crippen molar-refractivity contribution < 1.29 is 9.53 Å². The summed E-state index contributed by atoms with van der Waals surface area (Å²) < 4.78 is 5.68. The second-order valence-electron chi connectivity index (χ2n) is 5.49. The van der Waals surface area contributed by atoms with E-state index in [4.69, 9.17) is 4.74 Å². The van der Waals surface area contributed by atoms with Crippen molar-refractivity contribution in [2.24, 2.45) is 0 Å². The fourth-order valence-corrected chi connectivity index (χ4v) is 2.42. The SMILES string of the molecule is CCNc1cc(C)ncc1C(=O)NCC1(C)CCCO1. The molecule has 1 aromatic rings. The zero-order chi connectivity index (χ0) is 14.6. The second-order valence-corrected chi connectivity index (χ2v) is 5.49. The molecule has 1 saturated heterocycles. The van der Waals surface area contributed by atoms with E-state index in [-0.39, 0.29) is 11.5 Å². The molecule has 1 amide bonds. The summed E-state index contributed by atoms with van der Waals surface area (Å²) in [5.74, 6) is -0.106. The first-order chi connectivity index (χ1) is 9.54. The lowest BCUT2D eigenvalue weighted by molar-refractivity contribution is 0.0206. The Morgan fingerprint density at radius 2 is 2.35 bits per heavy atom. The zero-order valence-corrected chi connectivity index (χ0v) is 12.5. The number of hydrogen-bond donors (Lipinski definition) is 2. The molecule has 2 rings (SSSR count). The Bertz CT molecular complexity index is 482. The van der Waals surface area contributed by atoms with E-state index in [1.165, 1.54) is 0 Å². The van der Waals surface area contributed by atoms with Gasteiger partial charge in [0.25, 0.3) is 5.91 Å². The smallest absolute Gasteiger partial charge is 0.255 e. The second kappa shape index (κ2) is 6.22. The van der Waals surface area contributed by atoms with E-state index in [2.05, 4.69) is 15.6 Å². The van der Waals surface area contributed by atoms with Crippen LogP contribution in [0.25, 0.3) is 0 Å². The lowest BCUT2D eigenvalue weighted by Crippen LogP contribution is -2.40. The number of hydrogen-bond acceptors (Lipinski definition) is 4. The molecule has 1 atom stereocenters. The van der Waals surface area contributed by atoms with Crippen molar-refractivity contribution in [1.82, 2.24) is 10.3 Å². The summed E-state index contributed by atoms with van der Waals surface area (Å²) in [7, 11) is 0. The molecule has 1 aliphatic rings. The van der Waals surface area contributed by atoms with Crippen LogP contribution in [0.15, 0.2) is 12.3 Å². The van der Waals surface area contributed by atoms with Gasteiger partial charge in [-0.25, -0.2) is 0 Å². The van der Waals surface area contributed by atoms with Crippen LogP contribution in [-0.4, -0.2) is 36.2 Å². The summed E-state index contributed by atoms with van der Waals surface area (Å²) in [5.41, 5.74) is 2.07. The van der Waals surface area contributed by atoms with E-state index in [9.17, 15) is 4.79 Å². The van der Waals surface area contributed by atoms with Gasteiger partial charge in [-0.15, -0.1) is 0 Å². The van der Waals surface area contributed by atoms with E-state index in [0.717, 1.165) is 37.4 Å². The molecule has 0 bridgehead atoms. The van der Waals surface area contributed by atoms with Crippen molar-refractivity contribution >= 4 is 11.6 Å². The summed E-state index contributed by atoms with van der Waals surface area (Å²) in [6.07, 6.45) is 3.67. The van der Waals surface area contributed by atoms with Crippen molar-refractivity contribution in [3.8, 4) is 0 Å². The van der Waals surface area contributed by atoms with Crippen molar-refractivity contribution in [2.45, 2.75) is 39.2 Å². The van der Waals surface area contributed by atoms with Gasteiger partial charge in [0.2, 0.25) is 0 Å². The molecule has 1 unspecified atom stereocenters. The minimum atomic E-state index is -0.230. The van der Waals surface area contributed by atoms with Crippen molar-refractivity contribution in [3.63, 3.8) is 0 Å². The lowest BCUT2D eigenvalue weighted by atomic mass is 10.0. The Labute approximate surface area is 120 Å². The van der Waals surface area contributed by atoms with Crippen molar-refractivity contribution in [1.29, 1.82) is 0 Å². The van der Waals surface area contributed by atoms with Crippen LogP contribution in [0.1, 0.15) is 42.7 Å². The van der Waals surface area contributed by atoms with Crippen LogP contribution in [0, 0.1) is 6.92 Å². The monoisotopic (exact) mass is 277 g/mol. The first kappa shape index (κ1) is 14.8. The minimum Gasteiger partial charge on any atom is -0.385 e. The molecule has 110 valence electrons. The topological polar surface area (TPSA) is 63.2 Å². The number of anilines is 1. The third kappa shape index (κ3) is 3.48. The summed E-state index contributed by atoms with van der Waals surface area (Å²) in [5, 5.41) is 6.16. The summed E-state index contributed by atoms with van der Waals surface area (Å²) >= 11 is 0. The molecule has 0 aliphatic carbocycles. The maximum Gasteiger partial charge on any atom is 0.255 e. The molecular weight excluding hydrogens is 254 g/mol. The van der Waals surface area contributed by atoms with Crippen LogP contribution < -0.4 is 10.6 Å². The Balaban J connectivity index is 2.05. The third-order valence-electron chi connectivity index (χ3n) is 3.58. The number of carbonyl (C=O) groups is 1. The van der Waals surface area contributed by atoms with Crippen LogP contribution in [0.3, 0.4) is 0 Å². The molecule has 1 fully saturated rings. The van der Waals surface area contributed by atoms with Crippen molar-refractivity contribution in [3.05, 3.63) is 23.5 Å². The molecular formula is C15H23N3O2. The van der Waals surface area contributed by atoms with Crippen LogP contribution in [0.5, 0.6) is 0 Å². The number of ether oxygens (including phenoxy) is 1. The Morgan fingerprint density at radius 1 is 1.55 bits per heavy atom. The van der Waals surface area contributed by atoms with Gasteiger partial charge in [0.1, 0.15) is 0 Å². The Kier molecular flexibility index (Phi) is 4.60. The first-order valence-corrected chi connectivity index (χ1v) is 7.17. The van der Waals surface area contributed by atoms with Crippen molar-refractivity contribution in [2.75, 3.05) is 25.0 Å². The van der Waals surface area contributed by atoms with E-state index in [1.807, 2.05) is 26.8 Å². The highest BCUT2D eigenvalue weighted by Gasteiger charge is 2.30. The van der Waals surface area contributed by atoms with Gasteiger partial charge >= 0.3 is 0 Å². The molecule has 2 N–H and O–H groups in total. The van der Waals surface area contributed by atoms with E-state index >= 15 is 0 Å². The summed E-state index contributed by atoms with van der Waals surface area (Å²) in [4.78, 5) is 16.5. The summed E-state index contributed by atoms with van der Waals surface area (Å²) in [6, 6.07) is 1.90. The molecule has 20 heavy (non-hydrogen) atoms. The average molecular weight is 277 g/mol. The van der Waals surface area contributed by atoms with Gasteiger partial charge in [0, 0.05) is 31.6 Å². The maximum atomic E-state index is 12.3. The zero-order valence-electron chi connectivity index (χ0n) is 12.5. The molecule has 1 aromatic heterocycles. The molecule has 0 spiro atoms. The number of rotatable bonds is 5. The predicted octanol–water partition coefficient (Wildman–Crippen LogP) is 2.12. The van der Waals surface area contributed by atoms with Gasteiger partial charge in [0.15, 0.2) is 0 Å². The minimum absolute atomic E-state index is 0.106. The highest BCUT2D eigenvalue weighted by atomic mass is 16.5. The largest absolute Gasteiger partial charge is 0.385 e. The molecule has 0 saturated carbocycles. The third-order valence-corrected chi connectivity index (χ3v) is 3.58. The highest BCUT2D eigenvalue weighted by Crippen LogP contribution is 2.24. The Morgan fingerprint density at radius 3 is 3.00 bits per heavy atom. The standard InChI is InChI=1S/C15H23N3O2/c1-4-16-13-8-11(2)17-9-12(13)14(19)18-10-15(3)6-5-7-20-15/h8-9H,4-7,10H2,1-3H3,(H,16,17)(H,18,19). The predicted molar refractivity (Wildman–Crippen MR) is 79.1 cm³/mol. The van der Waals surface area contributed by atoms with E-state index in [0.29, 0.717) is 12.1 Å². The molecule has 5 nitrogen and oxygen atoms in total. The fraction of sp³-hybridized carbons (Fsp3) is 0.600. The normalized spacial score (nSPS) is 21.8. The van der Waals surface area contributed by atoms with Gasteiger partial charge in [-0.3, -0.25) is 9.78 Å². The maximum absolute atomic E-state index is 12.3. The van der Waals surface area contributed by atoms with Gasteiger partial charge in [-0.1, -0.05) is 0 Å². The molecule has 0 aromatic carbocycles.